The van der Waals surface area contributed by atoms with Gasteiger partial charge >= 0.3 is 65.1 Å². The van der Waals surface area contributed by atoms with Crippen molar-refractivity contribution in [2.24, 2.45) is 0 Å². The first kappa shape index (κ1) is 24.3. The van der Waals surface area contributed by atoms with Crippen LogP contribution in [0.2, 0.25) is 0 Å². The number of hydrogen-bond donors (Lipinski definition) is 1. The maximum absolute atomic E-state index is 10.3. The molecule has 0 radical (unpaired) electrons. The van der Waals surface area contributed by atoms with Gasteiger partial charge in [0.05, 0.1) is 11.9 Å². The molecule has 0 saturated carbocycles. The van der Waals surface area contributed by atoms with Crippen molar-refractivity contribution in [3.8, 4) is 0 Å². The minimum atomic E-state index is -1.52. The Balaban J connectivity index is -0.000000316. The van der Waals surface area contributed by atoms with E-state index in [1.165, 1.54) is 12.1 Å². The van der Waals surface area contributed by atoms with Crippen molar-refractivity contribution in [1.82, 2.24) is 0 Å². The van der Waals surface area contributed by atoms with Crippen LogP contribution in [0, 0.1) is 0 Å². The molecule has 9 heteroatoms. The van der Waals surface area contributed by atoms with Crippen LogP contribution in [0.4, 0.5) is 0 Å². The molecule has 0 aromatic heterocycles. The first-order chi connectivity index (χ1) is 8.27. The maximum Gasteiger partial charge on any atom is 1.00 e. The number of hydrogen-bond acceptors (Lipinski definition) is 6. The second-order valence-electron chi connectivity index (χ2n) is 2.98. The molecule has 0 spiro atoms. The van der Waals surface area contributed by atoms with E-state index >= 15 is 0 Å². The second-order valence-corrected chi connectivity index (χ2v) is 2.98. The van der Waals surface area contributed by atoms with Crippen LogP contribution >= 0.6 is 0 Å². The summed E-state index contributed by atoms with van der Waals surface area (Å²) in [7, 11) is 0. The molecule has 96 valence electrons. The van der Waals surface area contributed by atoms with E-state index in [2.05, 4.69) is 0 Å². The Morgan fingerprint density at radius 1 is 0.900 bits per heavy atom. The van der Waals surface area contributed by atoms with Crippen LogP contribution in [0.15, 0.2) is 24.3 Å². The standard InChI is InChI=1S/C8H6O4.C3H4O3.2Na/c9-7(10)5-3-1-2-4-6(5)8(11)12;1-2(4)3(5)6;;/h1-4H,(H,9,10)(H,11,12);1H3,(H,5,6);;/q;;2*+1/p-2. The molecule has 1 N–H and O–H groups in total. The molecule has 20 heavy (non-hydrogen) atoms. The Kier molecular flexibility index (Phi) is 14.7. The van der Waals surface area contributed by atoms with E-state index < -0.39 is 23.7 Å². The summed E-state index contributed by atoms with van der Waals surface area (Å²) in [6, 6.07) is 5.14. The summed E-state index contributed by atoms with van der Waals surface area (Å²) in [5.41, 5.74) is -0.727. The molecular weight excluding hydrogens is 290 g/mol. The van der Waals surface area contributed by atoms with Gasteiger partial charge in [0.1, 0.15) is 0 Å². The van der Waals surface area contributed by atoms with Gasteiger partial charge in [-0.2, -0.15) is 0 Å². The third kappa shape index (κ3) is 9.24. The minimum Gasteiger partial charge on any atom is -0.545 e. The third-order valence-corrected chi connectivity index (χ3v) is 1.67. The molecule has 0 amide bonds. The predicted molar refractivity (Wildman–Crippen MR) is 53.4 cm³/mol. The van der Waals surface area contributed by atoms with E-state index in [1.807, 2.05) is 0 Å². The van der Waals surface area contributed by atoms with Gasteiger partial charge in [0.25, 0.3) is 0 Å². The monoisotopic (exact) mass is 298 g/mol. The van der Waals surface area contributed by atoms with Crippen molar-refractivity contribution >= 4 is 23.7 Å². The van der Waals surface area contributed by atoms with Gasteiger partial charge in [-0.1, -0.05) is 24.3 Å². The molecular formula is C11H8Na2O7. The van der Waals surface area contributed by atoms with E-state index in [0.717, 1.165) is 19.1 Å². The minimum absolute atomic E-state index is 0. The first-order valence-corrected chi connectivity index (χ1v) is 4.53. The van der Waals surface area contributed by atoms with Crippen LogP contribution in [-0.4, -0.2) is 28.8 Å². The molecule has 0 aliphatic rings. The van der Waals surface area contributed by atoms with Crippen molar-refractivity contribution in [1.29, 1.82) is 0 Å². The molecule has 0 aliphatic heterocycles. The number of Topliss-reactive ketones (excluding diaryl/α,β-unsaturated/α-hetero) is 1. The van der Waals surface area contributed by atoms with Gasteiger partial charge in [-0.05, 0) is 0 Å². The fourth-order valence-corrected chi connectivity index (χ4v) is 0.839. The van der Waals surface area contributed by atoms with Crippen molar-refractivity contribution in [2.45, 2.75) is 6.92 Å². The van der Waals surface area contributed by atoms with E-state index in [0.29, 0.717) is 0 Å². The Bertz CT molecular complexity index is 454. The van der Waals surface area contributed by atoms with E-state index in [-0.39, 0.29) is 70.2 Å². The van der Waals surface area contributed by atoms with Crippen molar-refractivity contribution < 1.29 is 93.6 Å². The van der Waals surface area contributed by atoms with Crippen LogP contribution in [0.1, 0.15) is 27.6 Å². The Hall–Kier alpha value is -0.700. The Labute approximate surface area is 158 Å². The fraction of sp³-hybridized carbons (Fsp3) is 0.0909. The summed E-state index contributed by atoms with van der Waals surface area (Å²) in [4.78, 5) is 39.5. The van der Waals surface area contributed by atoms with Crippen LogP contribution in [-0.2, 0) is 9.59 Å². The van der Waals surface area contributed by atoms with E-state index in [1.54, 1.807) is 0 Å². The number of carboxylic acid groups (broad SMARTS) is 3. The van der Waals surface area contributed by atoms with Crippen LogP contribution in [0.3, 0.4) is 0 Å². The van der Waals surface area contributed by atoms with Gasteiger partial charge in [-0.3, -0.25) is 4.79 Å². The van der Waals surface area contributed by atoms with Crippen LogP contribution < -0.4 is 69.3 Å². The van der Waals surface area contributed by atoms with Crippen molar-refractivity contribution in [2.75, 3.05) is 0 Å². The average molecular weight is 298 g/mol. The number of carbonyl (C=O) groups excluding carboxylic acids is 3. The van der Waals surface area contributed by atoms with Gasteiger partial charge in [-0.25, -0.2) is 4.79 Å². The summed E-state index contributed by atoms with van der Waals surface area (Å²) in [6.07, 6.45) is 0. The summed E-state index contributed by atoms with van der Waals surface area (Å²) in [6.45, 7) is 1.00. The molecule has 1 rings (SSSR count). The second kappa shape index (κ2) is 12.1. The Morgan fingerprint density at radius 2 is 1.15 bits per heavy atom. The van der Waals surface area contributed by atoms with Crippen molar-refractivity contribution in [3.63, 3.8) is 0 Å². The van der Waals surface area contributed by atoms with Crippen LogP contribution in [0.25, 0.3) is 0 Å². The number of ketones is 1. The molecule has 0 heterocycles. The fourth-order valence-electron chi connectivity index (χ4n) is 0.839. The zero-order chi connectivity index (χ0) is 14.3. The molecule has 0 bridgehead atoms. The smallest absolute Gasteiger partial charge is 0.545 e. The Morgan fingerprint density at radius 3 is 1.30 bits per heavy atom. The molecule has 0 unspecified atom stereocenters. The van der Waals surface area contributed by atoms with Gasteiger partial charge in [0.2, 0.25) is 5.78 Å². The topological polar surface area (TPSA) is 135 Å². The van der Waals surface area contributed by atoms with E-state index in [9.17, 15) is 29.4 Å². The summed E-state index contributed by atoms with van der Waals surface area (Å²) >= 11 is 0. The number of carboxylic acids is 3. The van der Waals surface area contributed by atoms with Gasteiger partial charge in [0, 0.05) is 18.1 Å². The first-order valence-electron chi connectivity index (χ1n) is 4.53. The molecule has 1 aromatic rings. The molecule has 0 fully saturated rings. The number of carbonyl (C=O) groups is 4. The molecule has 7 nitrogen and oxygen atoms in total. The number of aromatic carboxylic acids is 2. The van der Waals surface area contributed by atoms with Crippen molar-refractivity contribution in [3.05, 3.63) is 35.4 Å². The summed E-state index contributed by atoms with van der Waals surface area (Å²) in [5.74, 6) is -5.24. The maximum atomic E-state index is 10.3. The number of benzene rings is 1. The molecule has 0 aliphatic carbocycles. The molecule has 0 saturated heterocycles. The number of aliphatic carboxylic acids is 1. The number of rotatable bonds is 3. The van der Waals surface area contributed by atoms with Crippen LogP contribution in [0.5, 0.6) is 0 Å². The van der Waals surface area contributed by atoms with Gasteiger partial charge in [-0.15, -0.1) is 0 Å². The zero-order valence-electron chi connectivity index (χ0n) is 11.2. The molecule has 1 aromatic carbocycles. The SMILES string of the molecule is CC(=O)C(=O)O.O=C([O-])c1ccccc1C(=O)[O-].[Na+].[Na+]. The summed E-state index contributed by atoms with van der Waals surface area (Å²) in [5, 5.41) is 28.3. The third-order valence-electron chi connectivity index (χ3n) is 1.67. The zero-order valence-corrected chi connectivity index (χ0v) is 15.2. The normalized spacial score (nSPS) is 7.85. The summed E-state index contributed by atoms with van der Waals surface area (Å²) < 4.78 is 0. The van der Waals surface area contributed by atoms with E-state index in [4.69, 9.17) is 5.11 Å². The quantitative estimate of drug-likeness (QED) is 0.432. The van der Waals surface area contributed by atoms with Gasteiger partial charge < -0.3 is 24.9 Å². The average Bonchev–Trinajstić information content (AvgIpc) is 2.29. The molecule has 0 atom stereocenters. The van der Waals surface area contributed by atoms with Gasteiger partial charge in [0.15, 0.2) is 0 Å². The largest absolute Gasteiger partial charge is 1.00 e. The predicted octanol–water partition coefficient (Wildman–Crippen LogP) is -7.92.